The van der Waals surface area contributed by atoms with Crippen LogP contribution in [0.25, 0.3) is 0 Å². The fourth-order valence-corrected chi connectivity index (χ4v) is 2.75. The summed E-state index contributed by atoms with van der Waals surface area (Å²) in [6.07, 6.45) is 5.20. The van der Waals surface area contributed by atoms with Crippen LogP contribution in [0, 0.1) is 0 Å². The number of methoxy groups -OCH3 is 2. The molecule has 1 aliphatic carbocycles. The minimum Gasteiger partial charge on any atom is -0.493 e. The maximum atomic E-state index is 6.33. The first-order chi connectivity index (χ1) is 8.76. The predicted octanol–water partition coefficient (Wildman–Crippen LogP) is 3.39. The van der Waals surface area contributed by atoms with Gasteiger partial charge in [-0.2, -0.15) is 0 Å². The summed E-state index contributed by atoms with van der Waals surface area (Å²) in [7, 11) is 3.22. The molecule has 18 heavy (non-hydrogen) atoms. The molecule has 4 heteroatoms. The lowest BCUT2D eigenvalue weighted by Gasteiger charge is -2.15. The van der Waals surface area contributed by atoms with Crippen LogP contribution < -0.4 is 14.8 Å². The number of hydrogen-bond donors (Lipinski definition) is 1. The minimum absolute atomic E-state index is 0.616. The summed E-state index contributed by atoms with van der Waals surface area (Å²) >= 11 is 6.33. The van der Waals surface area contributed by atoms with Crippen molar-refractivity contribution < 1.29 is 9.47 Å². The molecule has 0 heterocycles. The summed E-state index contributed by atoms with van der Waals surface area (Å²) < 4.78 is 10.5. The van der Waals surface area contributed by atoms with Gasteiger partial charge in [0.25, 0.3) is 0 Å². The van der Waals surface area contributed by atoms with Crippen molar-refractivity contribution in [3.63, 3.8) is 0 Å². The van der Waals surface area contributed by atoms with Gasteiger partial charge in [0.05, 0.1) is 19.2 Å². The van der Waals surface area contributed by atoms with E-state index in [0.29, 0.717) is 22.6 Å². The van der Waals surface area contributed by atoms with Crippen LogP contribution in [0.4, 0.5) is 0 Å². The molecule has 1 saturated carbocycles. The molecule has 2 rings (SSSR count). The normalized spacial score (nSPS) is 15.9. The molecule has 0 atom stereocenters. The molecule has 0 aromatic heterocycles. The van der Waals surface area contributed by atoms with E-state index < -0.39 is 0 Å². The number of rotatable bonds is 5. The Morgan fingerprint density at radius 3 is 2.56 bits per heavy atom. The van der Waals surface area contributed by atoms with E-state index >= 15 is 0 Å². The Balaban J connectivity index is 2.07. The molecule has 0 aliphatic heterocycles. The highest BCUT2D eigenvalue weighted by Crippen LogP contribution is 2.37. The average molecular weight is 270 g/mol. The van der Waals surface area contributed by atoms with Gasteiger partial charge < -0.3 is 14.8 Å². The van der Waals surface area contributed by atoms with Crippen LogP contribution in [0.15, 0.2) is 12.1 Å². The van der Waals surface area contributed by atoms with Crippen LogP contribution >= 0.6 is 11.6 Å². The Labute approximate surface area is 113 Å². The molecule has 0 bridgehead atoms. The van der Waals surface area contributed by atoms with Crippen molar-refractivity contribution in [2.45, 2.75) is 38.3 Å². The third-order valence-corrected chi connectivity index (χ3v) is 3.92. The number of benzene rings is 1. The smallest absolute Gasteiger partial charge is 0.179 e. The van der Waals surface area contributed by atoms with Gasteiger partial charge >= 0.3 is 0 Å². The first-order valence-electron chi connectivity index (χ1n) is 6.39. The van der Waals surface area contributed by atoms with Crippen molar-refractivity contribution in [3.05, 3.63) is 22.7 Å². The van der Waals surface area contributed by atoms with Gasteiger partial charge in [-0.25, -0.2) is 0 Å². The molecule has 0 saturated heterocycles. The number of hydrogen-bond acceptors (Lipinski definition) is 3. The van der Waals surface area contributed by atoms with Gasteiger partial charge in [-0.3, -0.25) is 0 Å². The van der Waals surface area contributed by atoms with Gasteiger partial charge in [-0.15, -0.1) is 0 Å². The monoisotopic (exact) mass is 269 g/mol. The van der Waals surface area contributed by atoms with Crippen molar-refractivity contribution in [1.82, 2.24) is 5.32 Å². The van der Waals surface area contributed by atoms with E-state index in [1.54, 1.807) is 14.2 Å². The Morgan fingerprint density at radius 1 is 1.22 bits per heavy atom. The van der Waals surface area contributed by atoms with Crippen LogP contribution in [0.3, 0.4) is 0 Å². The summed E-state index contributed by atoms with van der Waals surface area (Å²) in [6, 6.07) is 4.52. The first-order valence-corrected chi connectivity index (χ1v) is 6.76. The second-order valence-corrected chi connectivity index (χ2v) is 5.01. The molecule has 1 fully saturated rings. The van der Waals surface area contributed by atoms with Crippen LogP contribution in [0.1, 0.15) is 31.2 Å². The van der Waals surface area contributed by atoms with Crippen molar-refractivity contribution in [1.29, 1.82) is 0 Å². The summed E-state index contributed by atoms with van der Waals surface area (Å²) in [5, 5.41) is 4.19. The van der Waals surface area contributed by atoms with Crippen molar-refractivity contribution in [3.8, 4) is 11.5 Å². The third-order valence-electron chi connectivity index (χ3n) is 3.50. The van der Waals surface area contributed by atoms with Crippen molar-refractivity contribution >= 4 is 11.6 Å². The van der Waals surface area contributed by atoms with Crippen LogP contribution in [0.5, 0.6) is 11.5 Å². The Morgan fingerprint density at radius 2 is 1.94 bits per heavy atom. The van der Waals surface area contributed by atoms with E-state index in [0.717, 1.165) is 12.1 Å². The van der Waals surface area contributed by atoms with Crippen LogP contribution in [0.2, 0.25) is 5.02 Å². The minimum atomic E-state index is 0.616. The summed E-state index contributed by atoms with van der Waals surface area (Å²) in [6.45, 7) is 0.782. The van der Waals surface area contributed by atoms with Crippen molar-refractivity contribution in [2.24, 2.45) is 0 Å². The van der Waals surface area contributed by atoms with Gasteiger partial charge in [0.2, 0.25) is 0 Å². The zero-order chi connectivity index (χ0) is 13.0. The van der Waals surface area contributed by atoms with E-state index in [1.807, 2.05) is 12.1 Å². The number of nitrogens with one attached hydrogen (secondary N) is 1. The molecule has 0 amide bonds. The maximum absolute atomic E-state index is 6.33. The Kier molecular flexibility index (Phi) is 4.72. The molecular formula is C14H20ClNO2. The van der Waals surface area contributed by atoms with Gasteiger partial charge in [-0.1, -0.05) is 30.5 Å². The largest absolute Gasteiger partial charge is 0.493 e. The molecule has 1 aromatic carbocycles. The molecule has 0 unspecified atom stereocenters. The topological polar surface area (TPSA) is 30.5 Å². The van der Waals surface area contributed by atoms with E-state index in [2.05, 4.69) is 5.32 Å². The number of halogens is 1. The predicted molar refractivity (Wildman–Crippen MR) is 73.7 cm³/mol. The zero-order valence-electron chi connectivity index (χ0n) is 11.0. The first kappa shape index (κ1) is 13.5. The lowest BCUT2D eigenvalue weighted by Crippen LogP contribution is -2.25. The average Bonchev–Trinajstić information content (AvgIpc) is 2.90. The lowest BCUT2D eigenvalue weighted by atomic mass is 10.1. The molecule has 0 radical (unpaired) electrons. The second kappa shape index (κ2) is 6.30. The standard InChI is InChI=1S/C14H20ClNO2/c1-17-12-8-7-10(13(15)14(12)18-2)9-16-11-5-3-4-6-11/h7-8,11,16H,3-6,9H2,1-2H3. The molecule has 1 N–H and O–H groups in total. The van der Waals surface area contributed by atoms with Gasteiger partial charge in [0, 0.05) is 12.6 Å². The lowest BCUT2D eigenvalue weighted by molar-refractivity contribution is 0.354. The summed E-state index contributed by atoms with van der Waals surface area (Å²) in [5.41, 5.74) is 1.06. The Bertz CT molecular complexity index is 403. The van der Waals surface area contributed by atoms with Gasteiger partial charge in [0.15, 0.2) is 11.5 Å². The SMILES string of the molecule is COc1ccc(CNC2CCCC2)c(Cl)c1OC. The van der Waals surface area contributed by atoms with E-state index in [1.165, 1.54) is 25.7 Å². The van der Waals surface area contributed by atoms with Crippen LogP contribution in [-0.4, -0.2) is 20.3 Å². The fourth-order valence-electron chi connectivity index (χ4n) is 2.45. The Hall–Kier alpha value is -0.930. The van der Waals surface area contributed by atoms with Gasteiger partial charge in [-0.05, 0) is 24.5 Å². The molecule has 1 aromatic rings. The fraction of sp³-hybridized carbons (Fsp3) is 0.571. The molecule has 3 nitrogen and oxygen atoms in total. The van der Waals surface area contributed by atoms with E-state index in [-0.39, 0.29) is 0 Å². The molecule has 100 valence electrons. The highest BCUT2D eigenvalue weighted by Gasteiger charge is 2.16. The highest BCUT2D eigenvalue weighted by atomic mass is 35.5. The molecule has 0 spiro atoms. The maximum Gasteiger partial charge on any atom is 0.179 e. The van der Waals surface area contributed by atoms with Gasteiger partial charge in [0.1, 0.15) is 0 Å². The third kappa shape index (κ3) is 2.90. The number of ether oxygens (including phenoxy) is 2. The van der Waals surface area contributed by atoms with Crippen molar-refractivity contribution in [2.75, 3.05) is 14.2 Å². The van der Waals surface area contributed by atoms with E-state index in [9.17, 15) is 0 Å². The quantitative estimate of drug-likeness (QED) is 0.889. The summed E-state index contributed by atoms with van der Waals surface area (Å²) in [5.74, 6) is 1.29. The summed E-state index contributed by atoms with van der Waals surface area (Å²) in [4.78, 5) is 0. The zero-order valence-corrected chi connectivity index (χ0v) is 11.7. The van der Waals surface area contributed by atoms with Crippen LogP contribution in [-0.2, 0) is 6.54 Å². The highest BCUT2D eigenvalue weighted by molar-refractivity contribution is 6.33. The molecule has 1 aliphatic rings. The van der Waals surface area contributed by atoms with E-state index in [4.69, 9.17) is 21.1 Å². The molecular weight excluding hydrogens is 250 g/mol. The second-order valence-electron chi connectivity index (χ2n) is 4.64.